The highest BCUT2D eigenvalue weighted by Gasteiger charge is 2.31. The van der Waals surface area contributed by atoms with Crippen molar-refractivity contribution in [1.29, 1.82) is 0 Å². The van der Waals surface area contributed by atoms with Gasteiger partial charge in [-0.1, -0.05) is 36.4 Å². The number of tetrazole rings is 1. The molecule has 3 heterocycles. The lowest BCUT2D eigenvalue weighted by Gasteiger charge is -2.31. The van der Waals surface area contributed by atoms with Crippen molar-refractivity contribution in [2.24, 2.45) is 0 Å². The Morgan fingerprint density at radius 2 is 1.85 bits per heavy atom. The molecule has 39 heavy (non-hydrogen) atoms. The van der Waals surface area contributed by atoms with Crippen molar-refractivity contribution < 1.29 is 9.47 Å². The van der Waals surface area contributed by atoms with E-state index in [1.807, 2.05) is 73.8 Å². The molecule has 1 N–H and O–H groups in total. The minimum absolute atomic E-state index is 0.186. The minimum Gasteiger partial charge on any atom is -0.497 e. The number of rotatable bonds is 11. The third-order valence-corrected chi connectivity index (χ3v) is 6.74. The molecular formula is C29H31N7O3. The fourth-order valence-electron chi connectivity index (χ4n) is 4.78. The number of para-hydroxylation sites is 1. The van der Waals surface area contributed by atoms with Gasteiger partial charge in [-0.15, -0.1) is 5.10 Å². The molecule has 3 aromatic heterocycles. The van der Waals surface area contributed by atoms with E-state index in [-0.39, 0.29) is 5.56 Å². The number of methoxy groups -OCH3 is 2. The van der Waals surface area contributed by atoms with Gasteiger partial charge >= 0.3 is 0 Å². The van der Waals surface area contributed by atoms with Crippen LogP contribution in [0.5, 0.6) is 5.75 Å². The van der Waals surface area contributed by atoms with Gasteiger partial charge in [0.25, 0.3) is 5.56 Å². The smallest absolute Gasteiger partial charge is 0.253 e. The summed E-state index contributed by atoms with van der Waals surface area (Å²) in [5.41, 5.74) is 4.24. The van der Waals surface area contributed by atoms with Crippen LogP contribution in [0.15, 0.2) is 77.9 Å². The van der Waals surface area contributed by atoms with Crippen molar-refractivity contribution in [2.75, 3.05) is 20.8 Å². The summed E-state index contributed by atoms with van der Waals surface area (Å²) in [6.45, 7) is 3.89. The van der Waals surface area contributed by atoms with E-state index in [1.54, 1.807) is 25.1 Å². The molecule has 0 aliphatic rings. The number of pyridine rings is 2. The van der Waals surface area contributed by atoms with Crippen LogP contribution in [-0.4, -0.2) is 55.9 Å². The fourth-order valence-corrected chi connectivity index (χ4v) is 4.78. The number of benzene rings is 2. The average molecular weight is 526 g/mol. The number of aromatic amines is 1. The number of nitrogens with one attached hydrogen (secondary N) is 1. The summed E-state index contributed by atoms with van der Waals surface area (Å²) in [6, 6.07) is 19.2. The number of hydrogen-bond donors (Lipinski definition) is 1. The van der Waals surface area contributed by atoms with Gasteiger partial charge < -0.3 is 14.5 Å². The maximum atomic E-state index is 13.7. The van der Waals surface area contributed by atoms with E-state index in [2.05, 4.69) is 30.4 Å². The highest BCUT2D eigenvalue weighted by molar-refractivity contribution is 5.82. The monoisotopic (exact) mass is 525 g/mol. The van der Waals surface area contributed by atoms with Crippen LogP contribution in [0.3, 0.4) is 0 Å². The molecule has 0 radical (unpaired) electrons. The van der Waals surface area contributed by atoms with Crippen LogP contribution in [0.2, 0.25) is 0 Å². The Balaban J connectivity index is 1.68. The second-order valence-corrected chi connectivity index (χ2v) is 9.36. The SMILES string of the molecule is COCCn1nnnc1[C@H](c1cc2cccc(C)c2[nH]c1=O)N(Cc1ccc(OC)cc1)Cc1cccnc1. The van der Waals surface area contributed by atoms with Gasteiger partial charge in [-0.25, -0.2) is 4.68 Å². The molecule has 0 fully saturated rings. The van der Waals surface area contributed by atoms with Gasteiger partial charge in [-0.2, -0.15) is 0 Å². The number of aryl methyl sites for hydroxylation is 1. The van der Waals surface area contributed by atoms with Gasteiger partial charge in [-0.3, -0.25) is 14.7 Å². The first-order valence-electron chi connectivity index (χ1n) is 12.7. The van der Waals surface area contributed by atoms with E-state index in [4.69, 9.17) is 9.47 Å². The fraction of sp³-hybridized carbons (Fsp3) is 0.276. The van der Waals surface area contributed by atoms with Crippen LogP contribution in [0.4, 0.5) is 0 Å². The Morgan fingerprint density at radius 1 is 1.03 bits per heavy atom. The zero-order valence-electron chi connectivity index (χ0n) is 22.2. The summed E-state index contributed by atoms with van der Waals surface area (Å²) in [5, 5.41) is 13.6. The minimum atomic E-state index is -0.562. The molecule has 0 saturated heterocycles. The Morgan fingerprint density at radius 3 is 2.59 bits per heavy atom. The van der Waals surface area contributed by atoms with Crippen molar-refractivity contribution in [3.8, 4) is 5.75 Å². The van der Waals surface area contributed by atoms with Crippen molar-refractivity contribution in [2.45, 2.75) is 32.6 Å². The highest BCUT2D eigenvalue weighted by atomic mass is 16.5. The van der Waals surface area contributed by atoms with Crippen LogP contribution in [0.1, 0.15) is 34.1 Å². The van der Waals surface area contributed by atoms with Crippen molar-refractivity contribution in [1.82, 2.24) is 35.1 Å². The second kappa shape index (κ2) is 12.0. The third-order valence-electron chi connectivity index (χ3n) is 6.74. The van der Waals surface area contributed by atoms with Crippen molar-refractivity contribution in [3.63, 3.8) is 0 Å². The molecular weight excluding hydrogens is 494 g/mol. The number of aromatic nitrogens is 6. The lowest BCUT2D eigenvalue weighted by atomic mass is 10.0. The third kappa shape index (κ3) is 5.87. The number of hydrogen-bond acceptors (Lipinski definition) is 8. The Kier molecular flexibility index (Phi) is 8.04. The summed E-state index contributed by atoms with van der Waals surface area (Å²) < 4.78 is 12.4. The highest BCUT2D eigenvalue weighted by Crippen LogP contribution is 2.30. The molecule has 0 saturated carbocycles. The summed E-state index contributed by atoms with van der Waals surface area (Å²) in [7, 11) is 3.28. The largest absolute Gasteiger partial charge is 0.497 e. The zero-order valence-corrected chi connectivity index (χ0v) is 22.2. The summed E-state index contributed by atoms with van der Waals surface area (Å²) in [5.74, 6) is 1.33. The van der Waals surface area contributed by atoms with Gasteiger partial charge in [0.2, 0.25) is 0 Å². The Labute approximate surface area is 226 Å². The molecule has 2 aromatic carbocycles. The molecule has 10 nitrogen and oxygen atoms in total. The van der Waals surface area contributed by atoms with Crippen LogP contribution in [0.25, 0.3) is 10.9 Å². The van der Waals surface area contributed by atoms with Gasteiger partial charge in [0.05, 0.1) is 25.8 Å². The van der Waals surface area contributed by atoms with Gasteiger partial charge in [0.15, 0.2) is 5.82 Å². The predicted molar refractivity (Wildman–Crippen MR) is 147 cm³/mol. The maximum absolute atomic E-state index is 13.7. The van der Waals surface area contributed by atoms with E-state index in [1.165, 1.54) is 0 Å². The predicted octanol–water partition coefficient (Wildman–Crippen LogP) is 3.66. The van der Waals surface area contributed by atoms with E-state index >= 15 is 0 Å². The van der Waals surface area contributed by atoms with E-state index in [0.29, 0.717) is 37.6 Å². The Hall–Kier alpha value is -4.41. The molecule has 0 bridgehead atoms. The van der Waals surface area contributed by atoms with E-state index in [9.17, 15) is 4.79 Å². The van der Waals surface area contributed by atoms with Crippen molar-refractivity contribution in [3.05, 3.63) is 111 Å². The van der Waals surface area contributed by atoms with E-state index in [0.717, 1.165) is 33.3 Å². The van der Waals surface area contributed by atoms with Crippen LogP contribution in [-0.2, 0) is 24.4 Å². The maximum Gasteiger partial charge on any atom is 0.253 e. The van der Waals surface area contributed by atoms with Gasteiger partial charge in [0, 0.05) is 38.2 Å². The second-order valence-electron chi connectivity index (χ2n) is 9.36. The molecule has 0 aliphatic carbocycles. The first-order valence-corrected chi connectivity index (χ1v) is 12.7. The molecule has 0 amide bonds. The molecule has 0 unspecified atom stereocenters. The van der Waals surface area contributed by atoms with Crippen LogP contribution >= 0.6 is 0 Å². The molecule has 0 aliphatic heterocycles. The molecule has 5 rings (SSSR count). The van der Waals surface area contributed by atoms with Gasteiger partial charge in [-0.05, 0) is 63.7 Å². The quantitative estimate of drug-likeness (QED) is 0.278. The standard InChI is InChI=1S/C29H31N7O3/c1-20-6-4-8-23-16-25(29(37)31-26(20)23)27(28-32-33-34-36(28)14-15-38-2)35(19-22-7-5-13-30-17-22)18-21-9-11-24(39-3)12-10-21/h4-13,16-17,27H,14-15,18-19H2,1-3H3,(H,31,37)/t27-/m0/s1. The Bertz CT molecular complexity index is 1580. The molecule has 1 atom stereocenters. The first kappa shape index (κ1) is 26.2. The summed E-state index contributed by atoms with van der Waals surface area (Å²) >= 11 is 0. The lowest BCUT2D eigenvalue weighted by molar-refractivity contribution is 0.169. The first-order chi connectivity index (χ1) is 19.1. The average Bonchev–Trinajstić information content (AvgIpc) is 3.42. The van der Waals surface area contributed by atoms with Crippen LogP contribution in [0, 0.1) is 6.92 Å². The molecule has 0 spiro atoms. The van der Waals surface area contributed by atoms with E-state index < -0.39 is 6.04 Å². The number of fused-ring (bicyclic) bond motifs is 1. The lowest BCUT2D eigenvalue weighted by Crippen LogP contribution is -2.35. The molecule has 10 heteroatoms. The van der Waals surface area contributed by atoms with Gasteiger partial charge in [0.1, 0.15) is 11.8 Å². The van der Waals surface area contributed by atoms with Crippen molar-refractivity contribution >= 4 is 10.9 Å². The number of ether oxygens (including phenoxy) is 2. The summed E-state index contributed by atoms with van der Waals surface area (Å²) in [6.07, 6.45) is 3.58. The normalized spacial score (nSPS) is 12.2. The zero-order chi connectivity index (χ0) is 27.2. The summed E-state index contributed by atoms with van der Waals surface area (Å²) in [4.78, 5) is 23.4. The molecule has 200 valence electrons. The number of H-pyrrole nitrogens is 1. The van der Waals surface area contributed by atoms with Crippen LogP contribution < -0.4 is 10.3 Å². The molecule has 5 aromatic rings. The topological polar surface area (TPSA) is 111 Å². The number of nitrogens with zero attached hydrogens (tertiary/aromatic N) is 6.